The topological polar surface area (TPSA) is 35.6 Å². The maximum absolute atomic E-state index is 12.0. The predicted molar refractivity (Wildman–Crippen MR) is 89.3 cm³/mol. The van der Waals surface area contributed by atoms with Crippen LogP contribution >= 0.6 is 0 Å². The minimum atomic E-state index is -0.0775. The van der Waals surface area contributed by atoms with Crippen LogP contribution in [-0.2, 0) is 6.54 Å². The van der Waals surface area contributed by atoms with Crippen molar-refractivity contribution in [3.63, 3.8) is 0 Å². The zero-order valence-corrected chi connectivity index (χ0v) is 13.5. The summed E-state index contributed by atoms with van der Waals surface area (Å²) in [6.07, 6.45) is 6.18. The third-order valence-electron chi connectivity index (χ3n) is 4.35. The first-order valence-corrected chi connectivity index (χ1v) is 7.82. The lowest BCUT2D eigenvalue weighted by molar-refractivity contribution is 0.0895. The summed E-state index contributed by atoms with van der Waals surface area (Å²) in [6, 6.07) is 10.7. The van der Waals surface area contributed by atoms with Gasteiger partial charge in [0.2, 0.25) is 0 Å². The SMILES string of the molecule is C#CCNC(=O)N(C)C1CCN(Cc2ccccc2)CC1C. The van der Waals surface area contributed by atoms with Crippen LogP contribution < -0.4 is 5.32 Å². The van der Waals surface area contributed by atoms with Crippen LogP contribution in [0.25, 0.3) is 0 Å². The molecule has 0 bridgehead atoms. The van der Waals surface area contributed by atoms with Gasteiger partial charge in [-0.3, -0.25) is 4.90 Å². The number of hydrogen-bond donors (Lipinski definition) is 1. The Morgan fingerprint density at radius 2 is 2.18 bits per heavy atom. The number of likely N-dealkylation sites (tertiary alicyclic amines) is 1. The number of carbonyl (C=O) groups excluding carboxylic acids is 1. The van der Waals surface area contributed by atoms with Gasteiger partial charge in [0.25, 0.3) is 0 Å². The highest BCUT2D eigenvalue weighted by Crippen LogP contribution is 2.22. The number of piperidine rings is 1. The Morgan fingerprint density at radius 3 is 2.82 bits per heavy atom. The van der Waals surface area contributed by atoms with E-state index in [4.69, 9.17) is 6.42 Å². The van der Waals surface area contributed by atoms with Gasteiger partial charge in [-0.25, -0.2) is 4.79 Å². The molecule has 1 saturated heterocycles. The molecule has 1 aliphatic rings. The maximum Gasteiger partial charge on any atom is 0.318 e. The van der Waals surface area contributed by atoms with E-state index in [0.717, 1.165) is 26.1 Å². The summed E-state index contributed by atoms with van der Waals surface area (Å²) in [6.45, 7) is 5.49. The first kappa shape index (κ1) is 16.4. The first-order valence-electron chi connectivity index (χ1n) is 7.82. The van der Waals surface area contributed by atoms with Gasteiger partial charge in [-0.1, -0.05) is 43.2 Å². The van der Waals surface area contributed by atoms with Crippen molar-refractivity contribution < 1.29 is 4.79 Å². The molecule has 1 heterocycles. The van der Waals surface area contributed by atoms with Gasteiger partial charge in [-0.15, -0.1) is 6.42 Å². The van der Waals surface area contributed by atoms with Gasteiger partial charge in [0.1, 0.15) is 0 Å². The second-order valence-electron chi connectivity index (χ2n) is 6.03. The van der Waals surface area contributed by atoms with Crippen LogP contribution in [-0.4, -0.2) is 48.6 Å². The van der Waals surface area contributed by atoms with E-state index in [9.17, 15) is 4.79 Å². The zero-order chi connectivity index (χ0) is 15.9. The second kappa shape index (κ2) is 7.86. The Balaban J connectivity index is 1.87. The third-order valence-corrected chi connectivity index (χ3v) is 4.35. The summed E-state index contributed by atoms with van der Waals surface area (Å²) in [5.41, 5.74) is 1.34. The van der Waals surface area contributed by atoms with Gasteiger partial charge < -0.3 is 10.2 Å². The molecule has 2 amide bonds. The molecule has 1 N–H and O–H groups in total. The number of hydrogen-bond acceptors (Lipinski definition) is 2. The number of amides is 2. The molecule has 1 aromatic carbocycles. The standard InChI is InChI=1S/C18H25N3O/c1-4-11-19-18(22)20(3)17-10-12-21(13-15(17)2)14-16-8-6-5-7-9-16/h1,5-9,15,17H,10-14H2,2-3H3,(H,19,22). The molecule has 0 spiro atoms. The maximum atomic E-state index is 12.0. The minimum Gasteiger partial charge on any atom is -0.327 e. The molecule has 2 atom stereocenters. The molecule has 2 rings (SSSR count). The van der Waals surface area contributed by atoms with Crippen LogP contribution in [0.4, 0.5) is 4.79 Å². The van der Waals surface area contributed by atoms with Crippen molar-refractivity contribution in [2.45, 2.75) is 25.9 Å². The van der Waals surface area contributed by atoms with Crippen molar-refractivity contribution in [3.05, 3.63) is 35.9 Å². The van der Waals surface area contributed by atoms with Crippen LogP contribution in [0.1, 0.15) is 18.9 Å². The summed E-state index contributed by atoms with van der Waals surface area (Å²) in [7, 11) is 1.86. The number of rotatable bonds is 4. The number of urea groups is 1. The molecular weight excluding hydrogens is 274 g/mol. The van der Waals surface area contributed by atoms with Crippen molar-refractivity contribution in [1.82, 2.24) is 15.1 Å². The van der Waals surface area contributed by atoms with Crippen molar-refractivity contribution >= 4 is 6.03 Å². The number of benzene rings is 1. The van der Waals surface area contributed by atoms with Gasteiger partial charge in [-0.2, -0.15) is 0 Å². The monoisotopic (exact) mass is 299 g/mol. The van der Waals surface area contributed by atoms with E-state index in [1.807, 2.05) is 18.0 Å². The lowest BCUT2D eigenvalue weighted by Crippen LogP contribution is -2.52. The third kappa shape index (κ3) is 4.25. The van der Waals surface area contributed by atoms with E-state index in [-0.39, 0.29) is 18.6 Å². The molecule has 22 heavy (non-hydrogen) atoms. The minimum absolute atomic E-state index is 0.0775. The second-order valence-corrected chi connectivity index (χ2v) is 6.03. The molecule has 1 aliphatic heterocycles. The summed E-state index contributed by atoms with van der Waals surface area (Å²) in [4.78, 5) is 16.3. The van der Waals surface area contributed by atoms with E-state index in [1.54, 1.807) is 0 Å². The molecule has 1 fully saturated rings. The average Bonchev–Trinajstić information content (AvgIpc) is 2.53. The van der Waals surface area contributed by atoms with Crippen LogP contribution in [0.5, 0.6) is 0 Å². The van der Waals surface area contributed by atoms with Gasteiger partial charge in [-0.05, 0) is 17.9 Å². The Bertz CT molecular complexity index is 523. The lowest BCUT2D eigenvalue weighted by atomic mass is 9.92. The van der Waals surface area contributed by atoms with E-state index in [0.29, 0.717) is 5.92 Å². The molecule has 4 nitrogen and oxygen atoms in total. The van der Waals surface area contributed by atoms with Crippen molar-refractivity contribution in [2.75, 3.05) is 26.7 Å². The van der Waals surface area contributed by atoms with Crippen LogP contribution in [0.3, 0.4) is 0 Å². The summed E-state index contributed by atoms with van der Waals surface area (Å²) < 4.78 is 0. The Kier molecular flexibility index (Phi) is 5.85. The molecule has 0 aliphatic carbocycles. The number of carbonyl (C=O) groups is 1. The molecule has 4 heteroatoms. The van der Waals surface area contributed by atoms with Crippen molar-refractivity contribution in [1.29, 1.82) is 0 Å². The van der Waals surface area contributed by atoms with Crippen LogP contribution in [0.2, 0.25) is 0 Å². The van der Waals surface area contributed by atoms with Gasteiger partial charge in [0.05, 0.1) is 6.54 Å². The fraction of sp³-hybridized carbons (Fsp3) is 0.500. The number of nitrogens with zero attached hydrogens (tertiary/aromatic N) is 2. The Hall–Kier alpha value is -1.99. The molecule has 118 valence electrons. The van der Waals surface area contributed by atoms with E-state index in [2.05, 4.69) is 47.3 Å². The number of nitrogens with one attached hydrogen (secondary N) is 1. The average molecular weight is 299 g/mol. The smallest absolute Gasteiger partial charge is 0.318 e. The number of terminal acetylenes is 1. The summed E-state index contributed by atoms with van der Waals surface area (Å²) in [5.74, 6) is 2.88. The zero-order valence-electron chi connectivity index (χ0n) is 13.5. The van der Waals surface area contributed by atoms with E-state index in [1.165, 1.54) is 5.56 Å². The van der Waals surface area contributed by atoms with Crippen molar-refractivity contribution in [2.24, 2.45) is 5.92 Å². The fourth-order valence-electron chi connectivity index (χ4n) is 3.18. The summed E-state index contributed by atoms with van der Waals surface area (Å²) >= 11 is 0. The highest BCUT2D eigenvalue weighted by atomic mass is 16.2. The summed E-state index contributed by atoms with van der Waals surface area (Å²) in [5, 5.41) is 2.74. The fourth-order valence-corrected chi connectivity index (χ4v) is 3.18. The molecular formula is C18H25N3O. The normalized spacial score (nSPS) is 21.9. The largest absolute Gasteiger partial charge is 0.327 e. The van der Waals surface area contributed by atoms with E-state index >= 15 is 0 Å². The van der Waals surface area contributed by atoms with Crippen LogP contribution in [0.15, 0.2) is 30.3 Å². The molecule has 1 aromatic rings. The Labute approximate surface area is 133 Å². The quantitative estimate of drug-likeness (QED) is 0.865. The van der Waals surface area contributed by atoms with Gasteiger partial charge >= 0.3 is 6.03 Å². The predicted octanol–water partition coefficient (Wildman–Crippen LogP) is 2.17. The molecule has 0 saturated carbocycles. The van der Waals surface area contributed by atoms with Gasteiger partial charge in [0, 0.05) is 32.7 Å². The lowest BCUT2D eigenvalue weighted by Gasteiger charge is -2.41. The molecule has 0 aromatic heterocycles. The highest BCUT2D eigenvalue weighted by molar-refractivity contribution is 5.74. The molecule has 0 radical (unpaired) electrons. The van der Waals surface area contributed by atoms with Crippen molar-refractivity contribution in [3.8, 4) is 12.3 Å². The van der Waals surface area contributed by atoms with Gasteiger partial charge in [0.15, 0.2) is 0 Å². The van der Waals surface area contributed by atoms with Crippen LogP contribution in [0, 0.1) is 18.3 Å². The van der Waals surface area contributed by atoms with E-state index < -0.39 is 0 Å². The first-order chi connectivity index (χ1) is 10.6. The molecule has 2 unspecified atom stereocenters. The Morgan fingerprint density at radius 1 is 1.45 bits per heavy atom. The highest BCUT2D eigenvalue weighted by Gasteiger charge is 2.30.